The molecule has 0 bridgehead atoms. The highest BCUT2D eigenvalue weighted by molar-refractivity contribution is 6.31. The molecule has 1 fully saturated rings. The van der Waals surface area contributed by atoms with Gasteiger partial charge in [-0.05, 0) is 43.4 Å². The van der Waals surface area contributed by atoms with Crippen LogP contribution in [0.25, 0.3) is 11.4 Å². The number of carbonyl (C=O) groups excluding carboxylic acids is 1. The summed E-state index contributed by atoms with van der Waals surface area (Å²) in [6.07, 6.45) is 4.38. The van der Waals surface area contributed by atoms with Gasteiger partial charge in [-0.3, -0.25) is 4.79 Å². The first-order valence-electron chi connectivity index (χ1n) is 11.5. The number of anilines is 1. The number of carbonyl (C=O) groups is 1. The maximum atomic E-state index is 13.1. The normalized spacial score (nSPS) is 18.9. The molecular formula is C24H28ClN7O3. The maximum Gasteiger partial charge on any atom is 0.314 e. The number of methoxy groups -OCH3 is 2. The fourth-order valence-corrected chi connectivity index (χ4v) is 5.06. The fourth-order valence-electron chi connectivity index (χ4n) is 4.89. The van der Waals surface area contributed by atoms with E-state index >= 15 is 0 Å². The third-order valence-corrected chi connectivity index (χ3v) is 7.20. The molecule has 10 nitrogen and oxygen atoms in total. The molecule has 0 aromatic carbocycles. The Morgan fingerprint density at radius 3 is 2.80 bits per heavy atom. The average Bonchev–Trinajstić information content (AvgIpc) is 3.43. The molecule has 184 valence electrons. The summed E-state index contributed by atoms with van der Waals surface area (Å²) in [5.41, 5.74) is 3.40. The predicted octanol–water partition coefficient (Wildman–Crippen LogP) is 2.82. The van der Waals surface area contributed by atoms with Gasteiger partial charge >= 0.3 is 6.01 Å². The summed E-state index contributed by atoms with van der Waals surface area (Å²) in [5, 5.41) is 8.60. The molecule has 35 heavy (non-hydrogen) atoms. The third kappa shape index (κ3) is 4.38. The van der Waals surface area contributed by atoms with E-state index in [0.717, 1.165) is 47.5 Å². The van der Waals surface area contributed by atoms with Crippen molar-refractivity contribution in [3.8, 4) is 23.3 Å². The maximum absolute atomic E-state index is 13.1. The standard InChI is InChI=1S/C24H28ClN7O3/c1-14-17(22-28-23(35-4)31(2)30-22)9-15-5-6-24(29-21(15)27-14)7-8-32(13-24)20(33)11-16-10-19(34-3)26-12-18(16)25/h9-10,12H,5-8,11,13H2,1-4H3,(H,27,29)/t24-/m0/s1. The minimum atomic E-state index is -0.185. The molecule has 0 saturated carbocycles. The van der Waals surface area contributed by atoms with Crippen LogP contribution in [0.1, 0.15) is 29.7 Å². The Labute approximate surface area is 208 Å². The van der Waals surface area contributed by atoms with E-state index in [1.54, 1.807) is 32.0 Å². The number of pyridine rings is 2. The molecule has 1 atom stereocenters. The molecule has 1 N–H and O–H groups in total. The van der Waals surface area contributed by atoms with E-state index in [1.807, 2.05) is 11.8 Å². The summed E-state index contributed by atoms with van der Waals surface area (Å²) >= 11 is 6.27. The van der Waals surface area contributed by atoms with E-state index in [0.29, 0.717) is 35.8 Å². The van der Waals surface area contributed by atoms with Crippen LogP contribution < -0.4 is 14.8 Å². The van der Waals surface area contributed by atoms with Gasteiger partial charge in [0.1, 0.15) is 5.82 Å². The third-order valence-electron chi connectivity index (χ3n) is 6.86. The number of ether oxygens (including phenoxy) is 2. The molecule has 0 unspecified atom stereocenters. The van der Waals surface area contributed by atoms with Crippen molar-refractivity contribution in [2.45, 2.75) is 38.1 Å². The first-order chi connectivity index (χ1) is 16.8. The highest BCUT2D eigenvalue weighted by Crippen LogP contribution is 2.38. The minimum absolute atomic E-state index is 0.0410. The lowest BCUT2D eigenvalue weighted by Gasteiger charge is -2.36. The molecule has 11 heteroatoms. The zero-order valence-corrected chi connectivity index (χ0v) is 21.0. The van der Waals surface area contributed by atoms with Crippen LogP contribution in [0.15, 0.2) is 18.3 Å². The second kappa shape index (κ2) is 8.99. The van der Waals surface area contributed by atoms with Crippen molar-refractivity contribution >= 4 is 23.3 Å². The zero-order valence-electron chi connectivity index (χ0n) is 20.3. The number of nitrogens with zero attached hydrogens (tertiary/aromatic N) is 6. The quantitative estimate of drug-likeness (QED) is 0.573. The molecule has 5 heterocycles. The van der Waals surface area contributed by atoms with Crippen LogP contribution in [-0.4, -0.2) is 68.4 Å². The number of hydrogen-bond acceptors (Lipinski definition) is 8. The van der Waals surface area contributed by atoms with Crippen LogP contribution in [0.3, 0.4) is 0 Å². The van der Waals surface area contributed by atoms with E-state index in [2.05, 4.69) is 26.4 Å². The Hall–Kier alpha value is -3.40. The molecule has 0 radical (unpaired) electrons. The van der Waals surface area contributed by atoms with Crippen molar-refractivity contribution in [2.75, 3.05) is 32.6 Å². The summed E-state index contributed by atoms with van der Waals surface area (Å²) in [7, 11) is 4.92. The second-order valence-electron chi connectivity index (χ2n) is 9.14. The number of rotatable bonds is 5. The Kier molecular flexibility index (Phi) is 6.00. The SMILES string of the molecule is COc1cc(CC(=O)N2CC[C@@]3(CCc4cc(-c5nc(OC)n(C)n5)c(C)nc4N3)C2)c(Cl)cn1. The van der Waals surface area contributed by atoms with Crippen molar-refractivity contribution < 1.29 is 14.3 Å². The second-order valence-corrected chi connectivity index (χ2v) is 9.55. The number of amides is 1. The minimum Gasteiger partial charge on any atom is -0.481 e. The van der Waals surface area contributed by atoms with Crippen LogP contribution in [0.2, 0.25) is 5.02 Å². The van der Waals surface area contributed by atoms with Crippen molar-refractivity contribution in [3.05, 3.63) is 40.2 Å². The summed E-state index contributed by atoms with van der Waals surface area (Å²) in [4.78, 5) is 28.4. The summed E-state index contributed by atoms with van der Waals surface area (Å²) < 4.78 is 12.0. The molecule has 1 saturated heterocycles. The lowest BCUT2D eigenvalue weighted by molar-refractivity contribution is -0.129. The lowest BCUT2D eigenvalue weighted by atomic mass is 9.86. The number of nitrogens with one attached hydrogen (secondary N) is 1. The molecule has 2 aliphatic rings. The molecule has 2 aliphatic heterocycles. The molecule has 3 aromatic heterocycles. The number of hydrogen-bond donors (Lipinski definition) is 1. The zero-order chi connectivity index (χ0) is 24.7. The molecule has 1 spiro atoms. The molecule has 1 amide bonds. The Bertz CT molecular complexity index is 1290. The van der Waals surface area contributed by atoms with E-state index in [-0.39, 0.29) is 17.9 Å². The topological polar surface area (TPSA) is 107 Å². The Balaban J connectivity index is 1.31. The monoisotopic (exact) mass is 497 g/mol. The van der Waals surface area contributed by atoms with Gasteiger partial charge < -0.3 is 19.7 Å². The van der Waals surface area contributed by atoms with Crippen molar-refractivity contribution in [1.82, 2.24) is 29.6 Å². The van der Waals surface area contributed by atoms with Crippen LogP contribution >= 0.6 is 11.6 Å². The van der Waals surface area contributed by atoms with Gasteiger partial charge in [0.2, 0.25) is 11.8 Å². The van der Waals surface area contributed by atoms with Gasteiger partial charge in [0.05, 0.1) is 36.9 Å². The van der Waals surface area contributed by atoms with Gasteiger partial charge in [0.25, 0.3) is 0 Å². The van der Waals surface area contributed by atoms with Gasteiger partial charge in [-0.15, -0.1) is 5.10 Å². The van der Waals surface area contributed by atoms with E-state index in [1.165, 1.54) is 6.20 Å². The van der Waals surface area contributed by atoms with Crippen molar-refractivity contribution in [3.63, 3.8) is 0 Å². The predicted molar refractivity (Wildman–Crippen MR) is 131 cm³/mol. The summed E-state index contributed by atoms with van der Waals surface area (Å²) in [5.74, 6) is 1.96. The first kappa shape index (κ1) is 23.3. The fraction of sp³-hybridized carbons (Fsp3) is 0.458. The Morgan fingerprint density at radius 2 is 2.06 bits per heavy atom. The van der Waals surface area contributed by atoms with Crippen LogP contribution in [0, 0.1) is 6.92 Å². The van der Waals surface area contributed by atoms with Crippen LogP contribution in [0.4, 0.5) is 5.82 Å². The lowest BCUT2D eigenvalue weighted by Crippen LogP contribution is -2.45. The number of aryl methyl sites for hydroxylation is 3. The average molecular weight is 498 g/mol. The smallest absolute Gasteiger partial charge is 0.314 e. The Morgan fingerprint density at radius 1 is 1.23 bits per heavy atom. The van der Waals surface area contributed by atoms with Gasteiger partial charge in [0, 0.05) is 38.0 Å². The van der Waals surface area contributed by atoms with Gasteiger partial charge in [0.15, 0.2) is 5.82 Å². The summed E-state index contributed by atoms with van der Waals surface area (Å²) in [6, 6.07) is 4.29. The molecule has 3 aromatic rings. The van der Waals surface area contributed by atoms with E-state index < -0.39 is 0 Å². The van der Waals surface area contributed by atoms with Gasteiger partial charge in [-0.25, -0.2) is 14.6 Å². The van der Waals surface area contributed by atoms with Crippen LogP contribution in [0.5, 0.6) is 11.9 Å². The number of aromatic nitrogens is 5. The highest BCUT2D eigenvalue weighted by atomic mass is 35.5. The summed E-state index contributed by atoms with van der Waals surface area (Å²) in [6.45, 7) is 3.28. The van der Waals surface area contributed by atoms with E-state index in [9.17, 15) is 4.79 Å². The number of likely N-dealkylation sites (tertiary alicyclic amines) is 1. The van der Waals surface area contributed by atoms with Crippen LogP contribution in [-0.2, 0) is 24.7 Å². The number of halogens is 1. The van der Waals surface area contributed by atoms with Crippen molar-refractivity contribution in [2.24, 2.45) is 7.05 Å². The molecular weight excluding hydrogens is 470 g/mol. The largest absolute Gasteiger partial charge is 0.481 e. The first-order valence-corrected chi connectivity index (χ1v) is 11.9. The number of fused-ring (bicyclic) bond motifs is 1. The van der Waals surface area contributed by atoms with Crippen molar-refractivity contribution in [1.29, 1.82) is 0 Å². The molecule has 5 rings (SSSR count). The van der Waals surface area contributed by atoms with Gasteiger partial charge in [-0.2, -0.15) is 4.98 Å². The molecule has 0 aliphatic carbocycles. The van der Waals surface area contributed by atoms with E-state index in [4.69, 9.17) is 26.1 Å². The highest BCUT2D eigenvalue weighted by Gasteiger charge is 2.42. The van der Waals surface area contributed by atoms with Gasteiger partial charge in [-0.1, -0.05) is 11.6 Å².